The molecule has 0 aliphatic carbocycles. The van der Waals surface area contributed by atoms with Crippen LogP contribution in [-0.4, -0.2) is 4.98 Å². The van der Waals surface area contributed by atoms with Gasteiger partial charge in [-0.25, -0.2) is 4.39 Å². The monoisotopic (exact) mass is 207 g/mol. The maximum absolute atomic E-state index is 13.2. The summed E-state index contributed by atoms with van der Waals surface area (Å²) >= 11 is 0. The third-order valence-corrected chi connectivity index (χ3v) is 1.79. The fraction of sp³-hybridized carbons (Fsp3) is 0. The van der Waals surface area contributed by atoms with Crippen molar-refractivity contribution in [2.24, 2.45) is 0 Å². The van der Waals surface area contributed by atoms with Gasteiger partial charge in [0, 0.05) is 12.4 Å². The van der Waals surface area contributed by atoms with Crippen molar-refractivity contribution in [3.8, 4) is 11.5 Å². The van der Waals surface area contributed by atoms with Gasteiger partial charge in [-0.3, -0.25) is 4.98 Å². The summed E-state index contributed by atoms with van der Waals surface area (Å²) in [6.45, 7) is 0. The van der Waals surface area contributed by atoms with Gasteiger partial charge in [-0.1, -0.05) is 6.07 Å². The molecule has 0 radical (unpaired) electrons. The first kappa shape index (κ1) is 9.58. The van der Waals surface area contributed by atoms with Crippen molar-refractivity contribution in [2.75, 3.05) is 0 Å². The van der Waals surface area contributed by atoms with E-state index in [-0.39, 0.29) is 5.75 Å². The van der Waals surface area contributed by atoms with Crippen LogP contribution in [0.15, 0.2) is 42.7 Å². The number of ether oxygens (including phenoxy) is 1. The van der Waals surface area contributed by atoms with Crippen LogP contribution < -0.4 is 4.74 Å². The first-order chi connectivity index (χ1) is 7.27. The smallest absolute Gasteiger partial charge is 0.201 e. The van der Waals surface area contributed by atoms with Crippen molar-refractivity contribution >= 4 is 0 Å². The SMILES string of the molecule is Fc1cccc(Oc2ccncc2)c1F. The second-order valence-corrected chi connectivity index (χ2v) is 2.84. The first-order valence-corrected chi connectivity index (χ1v) is 4.29. The van der Waals surface area contributed by atoms with Crippen LogP contribution >= 0.6 is 0 Å². The third-order valence-electron chi connectivity index (χ3n) is 1.79. The highest BCUT2D eigenvalue weighted by Crippen LogP contribution is 2.24. The van der Waals surface area contributed by atoms with Gasteiger partial charge in [-0.05, 0) is 24.3 Å². The molecular formula is C11H7F2NO. The van der Waals surface area contributed by atoms with E-state index in [1.54, 1.807) is 12.1 Å². The summed E-state index contributed by atoms with van der Waals surface area (Å²) in [6.07, 6.45) is 3.01. The lowest BCUT2D eigenvalue weighted by molar-refractivity contribution is 0.416. The summed E-state index contributed by atoms with van der Waals surface area (Å²) in [7, 11) is 0. The normalized spacial score (nSPS) is 10.0. The summed E-state index contributed by atoms with van der Waals surface area (Å²) < 4.78 is 31.1. The Labute approximate surface area is 85.2 Å². The van der Waals surface area contributed by atoms with Gasteiger partial charge in [0.15, 0.2) is 11.6 Å². The molecule has 0 bridgehead atoms. The molecule has 2 rings (SSSR count). The topological polar surface area (TPSA) is 22.1 Å². The van der Waals surface area contributed by atoms with Crippen molar-refractivity contribution in [1.29, 1.82) is 0 Å². The summed E-state index contributed by atoms with van der Waals surface area (Å²) in [4.78, 5) is 3.78. The number of hydrogen-bond donors (Lipinski definition) is 0. The summed E-state index contributed by atoms with van der Waals surface area (Å²) in [5.41, 5.74) is 0. The zero-order valence-corrected chi connectivity index (χ0v) is 7.65. The molecule has 2 aromatic rings. The van der Waals surface area contributed by atoms with E-state index in [1.165, 1.54) is 24.5 Å². The first-order valence-electron chi connectivity index (χ1n) is 4.29. The minimum Gasteiger partial charge on any atom is -0.454 e. The van der Waals surface area contributed by atoms with Gasteiger partial charge in [0.05, 0.1) is 0 Å². The molecule has 1 aromatic heterocycles. The lowest BCUT2D eigenvalue weighted by Crippen LogP contribution is -1.91. The van der Waals surface area contributed by atoms with Gasteiger partial charge in [-0.15, -0.1) is 0 Å². The van der Waals surface area contributed by atoms with Gasteiger partial charge >= 0.3 is 0 Å². The van der Waals surface area contributed by atoms with Crippen molar-refractivity contribution in [3.63, 3.8) is 0 Å². The molecule has 1 heterocycles. The quantitative estimate of drug-likeness (QED) is 0.754. The molecule has 0 unspecified atom stereocenters. The Morgan fingerprint density at radius 1 is 1.00 bits per heavy atom. The van der Waals surface area contributed by atoms with Crippen LogP contribution in [0.5, 0.6) is 11.5 Å². The summed E-state index contributed by atoms with van der Waals surface area (Å²) in [5, 5.41) is 0. The third kappa shape index (κ3) is 2.10. The van der Waals surface area contributed by atoms with Crippen molar-refractivity contribution < 1.29 is 13.5 Å². The highest BCUT2D eigenvalue weighted by atomic mass is 19.2. The Morgan fingerprint density at radius 3 is 2.47 bits per heavy atom. The molecule has 0 saturated heterocycles. The average Bonchev–Trinajstić information content (AvgIpc) is 2.26. The number of benzene rings is 1. The number of nitrogens with zero attached hydrogens (tertiary/aromatic N) is 1. The predicted octanol–water partition coefficient (Wildman–Crippen LogP) is 3.15. The van der Waals surface area contributed by atoms with Crippen LogP contribution in [0, 0.1) is 11.6 Å². The summed E-state index contributed by atoms with van der Waals surface area (Å²) in [5.74, 6) is -1.65. The van der Waals surface area contributed by atoms with Gasteiger partial charge in [0.25, 0.3) is 0 Å². The molecule has 4 heteroatoms. The molecule has 15 heavy (non-hydrogen) atoms. The van der Waals surface area contributed by atoms with E-state index in [4.69, 9.17) is 4.74 Å². The molecule has 0 N–H and O–H groups in total. The lowest BCUT2D eigenvalue weighted by atomic mass is 10.3. The Balaban J connectivity index is 2.29. The molecule has 1 aromatic carbocycles. The Bertz CT molecular complexity index is 459. The molecule has 0 fully saturated rings. The van der Waals surface area contributed by atoms with E-state index in [9.17, 15) is 8.78 Å². The van der Waals surface area contributed by atoms with Crippen molar-refractivity contribution in [1.82, 2.24) is 4.98 Å². The van der Waals surface area contributed by atoms with Crippen LogP contribution in [0.1, 0.15) is 0 Å². The molecule has 2 nitrogen and oxygen atoms in total. The second-order valence-electron chi connectivity index (χ2n) is 2.84. The fourth-order valence-corrected chi connectivity index (χ4v) is 1.10. The number of rotatable bonds is 2. The lowest BCUT2D eigenvalue weighted by Gasteiger charge is -2.05. The number of pyridine rings is 1. The fourth-order valence-electron chi connectivity index (χ4n) is 1.10. The Kier molecular flexibility index (Phi) is 2.58. The van der Waals surface area contributed by atoms with E-state index in [0.717, 1.165) is 6.07 Å². The van der Waals surface area contributed by atoms with E-state index in [1.807, 2.05) is 0 Å². The zero-order chi connectivity index (χ0) is 10.7. The van der Waals surface area contributed by atoms with Crippen LogP contribution in [0.2, 0.25) is 0 Å². The molecule has 0 atom stereocenters. The van der Waals surface area contributed by atoms with Gasteiger partial charge < -0.3 is 4.74 Å². The Morgan fingerprint density at radius 2 is 1.73 bits per heavy atom. The number of aromatic nitrogens is 1. The Hall–Kier alpha value is -1.97. The van der Waals surface area contributed by atoms with Crippen LogP contribution in [0.3, 0.4) is 0 Å². The van der Waals surface area contributed by atoms with Gasteiger partial charge in [0.1, 0.15) is 5.75 Å². The highest BCUT2D eigenvalue weighted by Gasteiger charge is 2.08. The number of halogens is 2. The average molecular weight is 207 g/mol. The predicted molar refractivity (Wildman–Crippen MR) is 50.7 cm³/mol. The second kappa shape index (κ2) is 4.04. The van der Waals surface area contributed by atoms with E-state index >= 15 is 0 Å². The maximum Gasteiger partial charge on any atom is 0.201 e. The minimum absolute atomic E-state index is 0.138. The molecule has 0 amide bonds. The highest BCUT2D eigenvalue weighted by molar-refractivity contribution is 5.31. The molecular weight excluding hydrogens is 200 g/mol. The number of hydrogen-bond acceptors (Lipinski definition) is 2. The van der Waals surface area contributed by atoms with Crippen LogP contribution in [0.25, 0.3) is 0 Å². The van der Waals surface area contributed by atoms with Gasteiger partial charge in [0.2, 0.25) is 5.82 Å². The van der Waals surface area contributed by atoms with Crippen molar-refractivity contribution in [3.05, 3.63) is 54.4 Å². The van der Waals surface area contributed by atoms with Crippen molar-refractivity contribution in [2.45, 2.75) is 0 Å². The van der Waals surface area contributed by atoms with E-state index in [0.29, 0.717) is 5.75 Å². The maximum atomic E-state index is 13.2. The molecule has 0 aliphatic rings. The standard InChI is InChI=1S/C11H7F2NO/c12-9-2-1-3-10(11(9)13)15-8-4-6-14-7-5-8/h1-7H. The van der Waals surface area contributed by atoms with Crippen LogP contribution in [-0.2, 0) is 0 Å². The molecule has 0 aliphatic heterocycles. The van der Waals surface area contributed by atoms with E-state index in [2.05, 4.69) is 4.98 Å². The largest absolute Gasteiger partial charge is 0.454 e. The van der Waals surface area contributed by atoms with Crippen LogP contribution in [0.4, 0.5) is 8.78 Å². The molecule has 76 valence electrons. The summed E-state index contributed by atoms with van der Waals surface area (Å²) in [6, 6.07) is 6.90. The molecule has 0 saturated carbocycles. The van der Waals surface area contributed by atoms with E-state index < -0.39 is 11.6 Å². The molecule has 0 spiro atoms. The van der Waals surface area contributed by atoms with Gasteiger partial charge in [-0.2, -0.15) is 4.39 Å². The minimum atomic E-state index is -0.991. The zero-order valence-electron chi connectivity index (χ0n) is 7.65.